The van der Waals surface area contributed by atoms with Crippen molar-refractivity contribution in [3.05, 3.63) is 141 Å². The summed E-state index contributed by atoms with van der Waals surface area (Å²) in [5, 5.41) is 41.8. The average Bonchev–Trinajstić information content (AvgIpc) is 1.55. The molecule has 20 heteroatoms. The van der Waals surface area contributed by atoms with Crippen LogP contribution in [0.15, 0.2) is 97.1 Å². The summed E-state index contributed by atoms with van der Waals surface area (Å²) in [4.78, 5) is 31.4. The topological polar surface area (TPSA) is 232 Å². The van der Waals surface area contributed by atoms with Gasteiger partial charge in [-0.3, -0.25) is 9.59 Å². The van der Waals surface area contributed by atoms with E-state index in [0.717, 1.165) is 85.6 Å². The third-order valence-electron chi connectivity index (χ3n) is 19.9. The SMILES string of the molecule is C[C@@H](O)C[C@@H]1CC/C=C\[C@H](O)[C@@H]2CC[C@H]2CN2C[C@@]3(CCCc4cc(Cl)ccc43)COc3ccc(cc32)C(=O)NS1(=O)=O.C[C@@H](O)C[C@H]1CC/C=C\[C@H](O)[C@@H]2CC[C@H]2CN2C[C@@]3(CCCc4cc(Cl)ccc43)COc3ccc(cc32)C(=O)NS1(=O)=O. The number of halogens is 2. The molecule has 4 aromatic carbocycles. The molecule has 4 heterocycles. The van der Waals surface area contributed by atoms with Gasteiger partial charge in [0, 0.05) is 58.2 Å². The van der Waals surface area contributed by atoms with Gasteiger partial charge in [-0.1, -0.05) is 59.6 Å². The van der Waals surface area contributed by atoms with Crippen molar-refractivity contribution in [2.24, 2.45) is 23.7 Å². The van der Waals surface area contributed by atoms with E-state index in [2.05, 4.69) is 43.5 Å². The van der Waals surface area contributed by atoms with E-state index in [4.69, 9.17) is 32.7 Å². The molecule has 12 atom stereocenters. The molecule has 0 saturated heterocycles. The first-order valence-electron chi connectivity index (χ1n) is 30.9. The van der Waals surface area contributed by atoms with Crippen LogP contribution >= 0.6 is 23.2 Å². The zero-order chi connectivity index (χ0) is 60.7. The Morgan fingerprint density at radius 3 is 1.40 bits per heavy atom. The normalized spacial score (nSPS) is 31.8. The van der Waals surface area contributed by atoms with Gasteiger partial charge in [0.2, 0.25) is 20.0 Å². The van der Waals surface area contributed by atoms with Crippen LogP contribution in [0.5, 0.6) is 11.5 Å². The Balaban J connectivity index is 0.000000179. The van der Waals surface area contributed by atoms with E-state index in [1.54, 1.807) is 62.4 Å². The van der Waals surface area contributed by atoms with Crippen molar-refractivity contribution in [1.29, 1.82) is 0 Å². The molecule has 12 rings (SSSR count). The maximum absolute atomic E-state index is 13.4. The molecule has 464 valence electrons. The Morgan fingerprint density at radius 1 is 0.593 bits per heavy atom. The van der Waals surface area contributed by atoms with Crippen molar-refractivity contribution in [3.8, 4) is 11.5 Å². The van der Waals surface area contributed by atoms with Crippen molar-refractivity contribution < 1.29 is 56.3 Å². The van der Waals surface area contributed by atoms with E-state index in [9.17, 15) is 46.9 Å². The number of hydrogen-bond acceptors (Lipinski definition) is 14. The maximum atomic E-state index is 13.4. The fraction of sp³-hybridized carbons (Fsp3) is 0.545. The van der Waals surface area contributed by atoms with Crippen LogP contribution < -0.4 is 28.7 Å². The molecule has 4 bridgehead atoms. The molecule has 2 spiro atoms. The number of aliphatic hydroxyl groups excluding tert-OH is 4. The third-order valence-corrected chi connectivity index (χ3v) is 23.9. The van der Waals surface area contributed by atoms with Crippen molar-refractivity contribution in [2.75, 3.05) is 49.2 Å². The number of amides is 2. The number of anilines is 2. The molecule has 8 aliphatic rings. The number of rotatable bonds is 4. The standard InChI is InChI=1S/2C33H41ClN2O6S/c2*1-21(37)15-26-6-2-3-7-30(38)27-11-8-24(27)18-36-19-33(14-4-5-22-16-25(34)10-12-28(22)33)20-42-31-13-9-23(17-29(31)36)32(39)35-43(26,40)41/h2*3,7,9-10,12-13,16-17,21,24,26-27,30,37-38H,2,4-6,8,11,14-15,18-20H2,1H3,(H,35,39)/b2*7-3-/t21-,24+,26+,27-,30+,33+;21-,24+,26-,27-,30+,33+/m11/s1. The summed E-state index contributed by atoms with van der Waals surface area (Å²) in [6, 6.07) is 22.5. The molecule has 4 aromatic rings. The highest BCUT2D eigenvalue weighted by molar-refractivity contribution is 7.91. The van der Waals surface area contributed by atoms with Crippen LogP contribution in [0.1, 0.15) is 147 Å². The Bertz CT molecular complexity index is 3250. The van der Waals surface area contributed by atoms with E-state index in [1.807, 2.05) is 24.3 Å². The third kappa shape index (κ3) is 13.4. The number of fused-ring (bicyclic) bond motifs is 8. The highest BCUT2D eigenvalue weighted by atomic mass is 35.5. The Morgan fingerprint density at radius 2 is 1.01 bits per heavy atom. The fourth-order valence-electron chi connectivity index (χ4n) is 15.0. The highest BCUT2D eigenvalue weighted by Crippen LogP contribution is 2.49. The van der Waals surface area contributed by atoms with E-state index in [-0.39, 0.29) is 71.3 Å². The molecule has 16 nitrogen and oxygen atoms in total. The maximum Gasteiger partial charge on any atom is 0.264 e. The van der Waals surface area contributed by atoms with Gasteiger partial charge in [0.05, 0.1) is 59.5 Å². The summed E-state index contributed by atoms with van der Waals surface area (Å²) in [5.41, 5.74) is 6.37. The van der Waals surface area contributed by atoms with Gasteiger partial charge in [0.25, 0.3) is 11.8 Å². The second-order valence-electron chi connectivity index (χ2n) is 25.9. The van der Waals surface area contributed by atoms with Crippen LogP contribution in [0, 0.1) is 23.7 Å². The lowest BCUT2D eigenvalue weighted by Crippen LogP contribution is -2.49. The molecule has 0 unspecified atom stereocenters. The van der Waals surface area contributed by atoms with E-state index >= 15 is 0 Å². The second-order valence-corrected chi connectivity index (χ2v) is 30.7. The molecule has 2 amide bonds. The van der Waals surface area contributed by atoms with Crippen LogP contribution in [0.25, 0.3) is 0 Å². The second kappa shape index (κ2) is 25.7. The number of nitrogens with one attached hydrogen (secondary N) is 2. The number of aryl methyl sites for hydroxylation is 2. The Kier molecular flexibility index (Phi) is 18.7. The molecule has 0 radical (unpaired) electrons. The molecule has 2 saturated carbocycles. The number of carbonyl (C=O) groups is 2. The number of hydrogen-bond donors (Lipinski definition) is 6. The molecule has 2 fully saturated rings. The first-order valence-corrected chi connectivity index (χ1v) is 34.7. The molecule has 0 aromatic heterocycles. The number of benzene rings is 4. The van der Waals surface area contributed by atoms with Gasteiger partial charge in [-0.2, -0.15) is 0 Å². The zero-order valence-corrected chi connectivity index (χ0v) is 52.2. The van der Waals surface area contributed by atoms with Crippen molar-refractivity contribution in [1.82, 2.24) is 9.44 Å². The first-order chi connectivity index (χ1) is 41.1. The van der Waals surface area contributed by atoms with Gasteiger partial charge < -0.3 is 39.7 Å². The molecule has 4 aliphatic carbocycles. The quantitative estimate of drug-likeness (QED) is 0.105. The number of carbonyl (C=O) groups excluding carboxylic acids is 2. The monoisotopic (exact) mass is 1260 g/mol. The summed E-state index contributed by atoms with van der Waals surface area (Å²) in [6.45, 7) is 6.76. The minimum absolute atomic E-state index is 0.00425. The summed E-state index contributed by atoms with van der Waals surface area (Å²) in [7, 11) is -8.16. The van der Waals surface area contributed by atoms with Crippen LogP contribution in [0.3, 0.4) is 0 Å². The lowest BCUT2D eigenvalue weighted by atomic mass is 9.68. The predicted octanol–water partition coefficient (Wildman–Crippen LogP) is 9.50. The van der Waals surface area contributed by atoms with Crippen LogP contribution in [-0.2, 0) is 43.7 Å². The van der Waals surface area contributed by atoms with Gasteiger partial charge in [-0.15, -0.1) is 0 Å². The largest absolute Gasteiger partial charge is 0.490 e. The lowest BCUT2D eigenvalue weighted by Gasteiger charge is -2.45. The average molecular weight is 1260 g/mol. The number of sulfonamides is 2. The van der Waals surface area contributed by atoms with Crippen molar-refractivity contribution in [2.45, 2.75) is 162 Å². The summed E-state index contributed by atoms with van der Waals surface area (Å²) >= 11 is 12.8. The number of ether oxygens (including phenoxy) is 2. The van der Waals surface area contributed by atoms with Gasteiger partial charge >= 0.3 is 0 Å². The zero-order valence-electron chi connectivity index (χ0n) is 49.1. The first kappa shape index (κ1) is 62.4. The number of aliphatic hydroxyl groups is 4. The van der Waals surface area contributed by atoms with Gasteiger partial charge in [-0.05, 0) is 223 Å². The molecular weight excluding hydrogens is 1180 g/mol. The van der Waals surface area contributed by atoms with Crippen LogP contribution in [-0.4, -0.2) is 123 Å². The minimum Gasteiger partial charge on any atom is -0.490 e. The number of allylic oxidation sites excluding steroid dienone is 2. The molecule has 4 aliphatic heterocycles. The minimum atomic E-state index is -4.08. The predicted molar refractivity (Wildman–Crippen MR) is 335 cm³/mol. The lowest BCUT2D eigenvalue weighted by molar-refractivity contribution is 0.0454. The molecular formula is C66H82Cl2N4O12S2. The van der Waals surface area contributed by atoms with Crippen molar-refractivity contribution >= 4 is 66.4 Å². The van der Waals surface area contributed by atoms with Crippen LogP contribution in [0.4, 0.5) is 11.4 Å². The van der Waals surface area contributed by atoms with E-state index < -0.39 is 66.8 Å². The van der Waals surface area contributed by atoms with Gasteiger partial charge in [0.15, 0.2) is 0 Å². The fourth-order valence-corrected chi connectivity index (χ4v) is 18.5. The van der Waals surface area contributed by atoms with Crippen molar-refractivity contribution in [3.63, 3.8) is 0 Å². The number of nitrogens with zero attached hydrogens (tertiary/aromatic N) is 2. The van der Waals surface area contributed by atoms with Gasteiger partial charge in [0.1, 0.15) is 11.5 Å². The summed E-state index contributed by atoms with van der Waals surface area (Å²) in [6.07, 6.45) is 15.2. The summed E-state index contributed by atoms with van der Waals surface area (Å²) in [5.74, 6) is 0.601. The van der Waals surface area contributed by atoms with E-state index in [0.29, 0.717) is 63.7 Å². The van der Waals surface area contributed by atoms with Gasteiger partial charge in [-0.25, -0.2) is 26.3 Å². The Hall–Kier alpha value is -5.18. The Labute approximate surface area is 516 Å². The summed E-state index contributed by atoms with van der Waals surface area (Å²) < 4.78 is 70.9. The molecule has 86 heavy (non-hydrogen) atoms. The molecule has 6 N–H and O–H groups in total. The van der Waals surface area contributed by atoms with E-state index in [1.165, 1.54) is 22.3 Å². The highest BCUT2D eigenvalue weighted by Gasteiger charge is 2.47. The van der Waals surface area contributed by atoms with Crippen LogP contribution in [0.2, 0.25) is 10.0 Å². The smallest absolute Gasteiger partial charge is 0.264 e.